The third-order valence-electron chi connectivity index (χ3n) is 11.3. The Morgan fingerprint density at radius 3 is 1.71 bits per heavy atom. The van der Waals surface area contributed by atoms with Gasteiger partial charge in [-0.2, -0.15) is 0 Å². The number of thiophene rings is 1. The van der Waals surface area contributed by atoms with Gasteiger partial charge < -0.3 is 13.7 Å². The summed E-state index contributed by atoms with van der Waals surface area (Å²) in [6, 6.07) is 67.1. The van der Waals surface area contributed by atoms with Gasteiger partial charge in [0.1, 0.15) is 16.7 Å². The SMILES string of the molecule is c1ccc2c(c1)cc(N(c1ccc(-c3cccc4c3oc3ccccc34)cc1)c1ccc(-c3cccc4c3sc3ccccc34)cc1)c1oc3ccccc3c12. The van der Waals surface area contributed by atoms with E-state index in [1.807, 2.05) is 29.5 Å². The molecule has 0 saturated carbocycles. The average Bonchev–Trinajstić information content (AvgIpc) is 3.96. The fourth-order valence-electron chi connectivity index (χ4n) is 8.68. The topological polar surface area (TPSA) is 29.5 Å². The zero-order valence-corrected chi connectivity index (χ0v) is 30.9. The molecule has 12 rings (SSSR count). The lowest BCUT2D eigenvalue weighted by molar-refractivity contribution is 0.669. The number of furan rings is 2. The van der Waals surface area contributed by atoms with Crippen molar-refractivity contribution in [1.29, 1.82) is 0 Å². The van der Waals surface area contributed by atoms with E-state index in [0.29, 0.717) is 0 Å². The minimum absolute atomic E-state index is 0.861. The van der Waals surface area contributed by atoms with Crippen LogP contribution < -0.4 is 4.90 Å². The Balaban J connectivity index is 1.05. The second-order valence-corrected chi connectivity index (χ2v) is 15.5. The molecule has 3 aromatic heterocycles. The standard InChI is InChI=1S/C52H31NO2S/c1-2-12-37-34(11-1)31-45(51-49(37)44-15-4-7-21-47(44)55-51)53(35-27-23-32(24-28-35)38-16-9-18-42-40-13-3-6-20-46(40)54-50(38)42)36-29-25-33(26-30-36)39-17-10-19-43-41-14-5-8-22-48(41)56-52(39)43/h1-31H. The minimum atomic E-state index is 0.861. The van der Waals surface area contributed by atoms with Crippen LogP contribution in [0, 0.1) is 0 Å². The summed E-state index contributed by atoms with van der Waals surface area (Å²) < 4.78 is 15.9. The Labute approximate surface area is 325 Å². The Kier molecular flexibility index (Phi) is 6.80. The lowest BCUT2D eigenvalue weighted by atomic mass is 9.99. The molecule has 0 aliphatic rings. The van der Waals surface area contributed by atoms with E-state index in [9.17, 15) is 0 Å². The Bertz CT molecular complexity index is 3320. The summed E-state index contributed by atoms with van der Waals surface area (Å²) in [5.74, 6) is 0. The molecule has 0 bridgehead atoms. The molecule has 4 heteroatoms. The first-order chi connectivity index (χ1) is 27.8. The predicted molar refractivity (Wildman–Crippen MR) is 237 cm³/mol. The molecule has 0 amide bonds. The molecule has 0 atom stereocenters. The minimum Gasteiger partial charge on any atom is -0.455 e. The summed E-state index contributed by atoms with van der Waals surface area (Å²) >= 11 is 1.86. The number of hydrogen-bond acceptors (Lipinski definition) is 4. The van der Waals surface area contributed by atoms with Crippen LogP contribution in [0.15, 0.2) is 197 Å². The van der Waals surface area contributed by atoms with E-state index in [1.165, 1.54) is 36.7 Å². The van der Waals surface area contributed by atoms with Gasteiger partial charge in [-0.3, -0.25) is 0 Å². The van der Waals surface area contributed by atoms with Gasteiger partial charge in [0.2, 0.25) is 0 Å². The van der Waals surface area contributed by atoms with Gasteiger partial charge in [0.15, 0.2) is 5.58 Å². The molecule has 9 aromatic carbocycles. The molecule has 3 heterocycles. The van der Waals surface area contributed by atoms with Gasteiger partial charge in [0.05, 0.1) is 5.69 Å². The Morgan fingerprint density at radius 1 is 0.393 bits per heavy atom. The quantitative estimate of drug-likeness (QED) is 0.176. The summed E-state index contributed by atoms with van der Waals surface area (Å²) in [6.45, 7) is 0. The first kappa shape index (κ1) is 31.2. The van der Waals surface area contributed by atoms with Gasteiger partial charge in [0, 0.05) is 58.7 Å². The maximum atomic E-state index is 6.80. The number of anilines is 3. The smallest absolute Gasteiger partial charge is 0.160 e. The van der Waals surface area contributed by atoms with Crippen molar-refractivity contribution in [3.63, 3.8) is 0 Å². The maximum absolute atomic E-state index is 6.80. The molecule has 0 unspecified atom stereocenters. The molecule has 0 aliphatic heterocycles. The third-order valence-corrected chi connectivity index (χ3v) is 12.5. The summed E-state index contributed by atoms with van der Waals surface area (Å²) in [7, 11) is 0. The fraction of sp³-hybridized carbons (Fsp3) is 0. The summed E-state index contributed by atoms with van der Waals surface area (Å²) in [4.78, 5) is 2.34. The van der Waals surface area contributed by atoms with Crippen molar-refractivity contribution in [2.24, 2.45) is 0 Å². The van der Waals surface area contributed by atoms with Crippen LogP contribution in [-0.4, -0.2) is 0 Å². The largest absolute Gasteiger partial charge is 0.455 e. The molecule has 56 heavy (non-hydrogen) atoms. The highest BCUT2D eigenvalue weighted by atomic mass is 32.1. The number of rotatable bonds is 5. The lowest BCUT2D eigenvalue weighted by Crippen LogP contribution is -2.10. The van der Waals surface area contributed by atoms with Crippen LogP contribution >= 0.6 is 11.3 Å². The zero-order valence-electron chi connectivity index (χ0n) is 30.1. The molecule has 12 aromatic rings. The highest BCUT2D eigenvalue weighted by molar-refractivity contribution is 7.26. The number of nitrogens with zero attached hydrogens (tertiary/aromatic N) is 1. The van der Waals surface area contributed by atoms with Crippen LogP contribution in [0.25, 0.3) is 97.1 Å². The second-order valence-electron chi connectivity index (χ2n) is 14.4. The van der Waals surface area contributed by atoms with E-state index in [1.54, 1.807) is 0 Å². The van der Waals surface area contributed by atoms with Crippen molar-refractivity contribution in [2.75, 3.05) is 4.90 Å². The van der Waals surface area contributed by atoms with Crippen LogP contribution in [0.1, 0.15) is 0 Å². The molecule has 0 saturated heterocycles. The number of hydrogen-bond donors (Lipinski definition) is 0. The highest BCUT2D eigenvalue weighted by Crippen LogP contribution is 2.47. The molecule has 0 aliphatic carbocycles. The average molecular weight is 734 g/mol. The van der Waals surface area contributed by atoms with E-state index in [0.717, 1.165) is 77.5 Å². The third kappa shape index (κ3) is 4.70. The van der Waals surface area contributed by atoms with Crippen LogP contribution in [-0.2, 0) is 0 Å². The van der Waals surface area contributed by atoms with E-state index >= 15 is 0 Å². The molecular weight excluding hydrogens is 703 g/mol. The number of benzene rings is 9. The number of para-hydroxylation sites is 3. The highest BCUT2D eigenvalue weighted by Gasteiger charge is 2.23. The fourth-order valence-corrected chi connectivity index (χ4v) is 9.92. The first-order valence-electron chi connectivity index (χ1n) is 18.9. The lowest BCUT2D eigenvalue weighted by Gasteiger charge is -2.26. The van der Waals surface area contributed by atoms with Crippen LogP contribution in [0.5, 0.6) is 0 Å². The van der Waals surface area contributed by atoms with Crippen molar-refractivity contribution in [2.45, 2.75) is 0 Å². The van der Waals surface area contributed by atoms with Gasteiger partial charge in [0.25, 0.3) is 0 Å². The van der Waals surface area contributed by atoms with Crippen LogP contribution in [0.3, 0.4) is 0 Å². The van der Waals surface area contributed by atoms with Gasteiger partial charge in [-0.25, -0.2) is 0 Å². The molecule has 262 valence electrons. The van der Waals surface area contributed by atoms with Crippen LogP contribution in [0.2, 0.25) is 0 Å². The predicted octanol–water partition coefficient (Wildman–Crippen LogP) is 15.8. The van der Waals surface area contributed by atoms with Crippen molar-refractivity contribution >= 4 is 103 Å². The first-order valence-corrected chi connectivity index (χ1v) is 19.7. The Hall–Kier alpha value is -7.14. The van der Waals surface area contributed by atoms with Crippen LogP contribution in [0.4, 0.5) is 17.1 Å². The summed E-state index contributed by atoms with van der Waals surface area (Å²) in [6.07, 6.45) is 0. The maximum Gasteiger partial charge on any atom is 0.160 e. The van der Waals surface area contributed by atoms with Crippen molar-refractivity contribution in [3.05, 3.63) is 188 Å². The van der Waals surface area contributed by atoms with E-state index in [2.05, 4.69) is 175 Å². The molecule has 0 spiro atoms. The molecule has 0 N–H and O–H groups in total. The second kappa shape index (κ2) is 12.2. The van der Waals surface area contributed by atoms with E-state index < -0.39 is 0 Å². The molecular formula is C52H31NO2S. The Morgan fingerprint density at radius 2 is 0.946 bits per heavy atom. The molecule has 3 nitrogen and oxygen atoms in total. The normalized spacial score (nSPS) is 11.9. The van der Waals surface area contributed by atoms with Gasteiger partial charge in [-0.1, -0.05) is 140 Å². The van der Waals surface area contributed by atoms with Gasteiger partial charge in [-0.05, 0) is 76.0 Å². The zero-order chi connectivity index (χ0) is 36.7. The van der Waals surface area contributed by atoms with E-state index in [4.69, 9.17) is 8.83 Å². The van der Waals surface area contributed by atoms with Crippen molar-refractivity contribution in [1.82, 2.24) is 0 Å². The number of fused-ring (bicyclic) bond motifs is 11. The molecule has 0 fully saturated rings. The monoisotopic (exact) mass is 733 g/mol. The van der Waals surface area contributed by atoms with Gasteiger partial charge >= 0.3 is 0 Å². The summed E-state index contributed by atoms with van der Waals surface area (Å²) in [5.41, 5.74) is 11.2. The van der Waals surface area contributed by atoms with E-state index in [-0.39, 0.29) is 0 Å². The molecule has 0 radical (unpaired) electrons. The van der Waals surface area contributed by atoms with Crippen molar-refractivity contribution < 1.29 is 8.83 Å². The van der Waals surface area contributed by atoms with Crippen molar-refractivity contribution in [3.8, 4) is 22.3 Å². The summed E-state index contributed by atoms with van der Waals surface area (Å²) in [5, 5.41) is 9.44. The van der Waals surface area contributed by atoms with Gasteiger partial charge in [-0.15, -0.1) is 11.3 Å².